The molecule has 196 valence electrons. The predicted octanol–water partition coefficient (Wildman–Crippen LogP) is 6.49. The van der Waals surface area contributed by atoms with Crippen LogP contribution >= 0.6 is 11.6 Å². The first-order valence-corrected chi connectivity index (χ1v) is 12.5. The second kappa shape index (κ2) is 9.36. The number of hydrogen-bond acceptors (Lipinski definition) is 7. The van der Waals surface area contributed by atoms with Crippen LogP contribution in [0.1, 0.15) is 45.3 Å². The van der Waals surface area contributed by atoms with Gasteiger partial charge in [-0.15, -0.1) is 0 Å². The average molecular weight is 546 g/mol. The maximum atomic E-state index is 13.4. The van der Waals surface area contributed by atoms with Crippen molar-refractivity contribution in [2.45, 2.75) is 25.3 Å². The highest BCUT2D eigenvalue weighted by Gasteiger charge is 2.50. The number of carbonyl (C=O) groups is 2. The van der Waals surface area contributed by atoms with Crippen LogP contribution in [-0.2, 0) is 5.54 Å². The molecule has 0 spiro atoms. The summed E-state index contributed by atoms with van der Waals surface area (Å²) in [6.07, 6.45) is 2.07. The van der Waals surface area contributed by atoms with Crippen molar-refractivity contribution in [3.63, 3.8) is 0 Å². The number of nitrogens with zero attached hydrogens (tertiary/aromatic N) is 2. The largest absolute Gasteiger partial charge is 0.496 e. The zero-order chi connectivity index (χ0) is 27.3. The lowest BCUT2D eigenvalue weighted by atomic mass is 9.98. The van der Waals surface area contributed by atoms with Gasteiger partial charge in [-0.1, -0.05) is 22.8 Å². The number of methoxy groups -OCH3 is 1. The van der Waals surface area contributed by atoms with Gasteiger partial charge in [-0.05, 0) is 60.9 Å². The van der Waals surface area contributed by atoms with E-state index in [2.05, 4.69) is 15.5 Å². The molecule has 1 fully saturated rings. The molecule has 2 heterocycles. The van der Waals surface area contributed by atoms with E-state index in [9.17, 15) is 14.0 Å². The molecule has 0 bridgehead atoms. The van der Waals surface area contributed by atoms with Gasteiger partial charge >= 0.3 is 0 Å². The van der Waals surface area contributed by atoms with Crippen LogP contribution in [0.25, 0.3) is 33.4 Å². The number of rotatable bonds is 7. The summed E-state index contributed by atoms with van der Waals surface area (Å²) in [5.74, 6) is 0.733. The Labute approximate surface area is 226 Å². The molecular weight excluding hydrogens is 525 g/mol. The molecule has 10 heteroatoms. The minimum atomic E-state index is -0.690. The molecule has 1 N–H and O–H groups in total. The first kappa shape index (κ1) is 24.8. The zero-order valence-electron chi connectivity index (χ0n) is 20.9. The van der Waals surface area contributed by atoms with Crippen molar-refractivity contribution in [1.82, 2.24) is 15.5 Å². The molecular formula is C29H21ClFN3O5. The fourth-order valence-corrected chi connectivity index (χ4v) is 4.91. The number of aryl methyl sites for hydroxylation is 1. The molecule has 0 radical (unpaired) electrons. The molecule has 5 aromatic rings. The number of fused-ring (bicyclic) bond motifs is 1. The third kappa shape index (κ3) is 4.34. The molecule has 0 saturated heterocycles. The molecule has 1 amide bonds. The topological polar surface area (TPSA) is 107 Å². The van der Waals surface area contributed by atoms with Crippen LogP contribution in [0, 0.1) is 12.7 Å². The maximum absolute atomic E-state index is 13.4. The Hall–Kier alpha value is -4.50. The van der Waals surface area contributed by atoms with Crippen molar-refractivity contribution >= 4 is 34.8 Å². The standard InChI is InChI=1S/C29H21ClFN3O5/c1-15-32-28(34-39-15)29(9-10-29)33-27(36)21-12-19(23(30)13-25(21)37-2)17-5-8-24-20(11-17)22(14-35)26(38-24)16-3-6-18(31)7-4-16/h3-8,11-14H,9-10H2,1-2H3,(H,33,36). The molecule has 8 nitrogen and oxygen atoms in total. The molecule has 1 aliphatic rings. The lowest BCUT2D eigenvalue weighted by Crippen LogP contribution is -2.36. The van der Waals surface area contributed by atoms with E-state index in [4.69, 9.17) is 25.3 Å². The Morgan fingerprint density at radius 3 is 2.51 bits per heavy atom. The molecule has 0 atom stereocenters. The average Bonchev–Trinajstić information content (AvgIpc) is 3.41. The summed E-state index contributed by atoms with van der Waals surface area (Å²) in [6.45, 7) is 1.69. The molecule has 6 rings (SSSR count). The second-order valence-electron chi connectivity index (χ2n) is 9.39. The van der Waals surface area contributed by atoms with Crippen molar-refractivity contribution in [3.8, 4) is 28.2 Å². The third-order valence-corrected chi connectivity index (χ3v) is 7.17. The van der Waals surface area contributed by atoms with E-state index in [-0.39, 0.29) is 17.3 Å². The fourth-order valence-electron chi connectivity index (χ4n) is 4.65. The smallest absolute Gasteiger partial charge is 0.255 e. The number of hydrogen-bond donors (Lipinski definition) is 1. The van der Waals surface area contributed by atoms with Crippen LogP contribution < -0.4 is 10.1 Å². The number of halogens is 2. The Kier molecular flexibility index (Phi) is 5.95. The normalized spacial score (nSPS) is 13.8. The molecule has 0 unspecified atom stereocenters. The van der Waals surface area contributed by atoms with Crippen molar-refractivity contribution in [3.05, 3.63) is 88.3 Å². The summed E-state index contributed by atoms with van der Waals surface area (Å²) < 4.78 is 30.0. The summed E-state index contributed by atoms with van der Waals surface area (Å²) in [5.41, 5.74) is 2.19. The summed E-state index contributed by atoms with van der Waals surface area (Å²) in [4.78, 5) is 29.8. The van der Waals surface area contributed by atoms with Crippen molar-refractivity contribution in [1.29, 1.82) is 0 Å². The summed E-state index contributed by atoms with van der Waals surface area (Å²) >= 11 is 6.63. The number of aromatic nitrogens is 2. The Bertz CT molecular complexity index is 1760. The fraction of sp³-hybridized carbons (Fsp3) is 0.172. The van der Waals surface area contributed by atoms with Crippen LogP contribution in [0.15, 0.2) is 63.5 Å². The molecule has 0 aliphatic heterocycles. The van der Waals surface area contributed by atoms with E-state index in [0.29, 0.717) is 80.6 Å². The van der Waals surface area contributed by atoms with E-state index in [1.807, 2.05) is 0 Å². The molecule has 3 aromatic carbocycles. The van der Waals surface area contributed by atoms with Gasteiger partial charge in [0, 0.05) is 29.5 Å². The van der Waals surface area contributed by atoms with Crippen LogP contribution in [0.2, 0.25) is 5.02 Å². The zero-order valence-corrected chi connectivity index (χ0v) is 21.6. The van der Waals surface area contributed by atoms with Gasteiger partial charge in [0.25, 0.3) is 5.91 Å². The van der Waals surface area contributed by atoms with Crippen molar-refractivity contribution in [2.75, 3.05) is 7.11 Å². The quantitative estimate of drug-likeness (QED) is 0.233. The second-order valence-corrected chi connectivity index (χ2v) is 9.79. The minimum Gasteiger partial charge on any atom is -0.496 e. The highest BCUT2D eigenvalue weighted by Crippen LogP contribution is 2.45. The maximum Gasteiger partial charge on any atom is 0.255 e. The van der Waals surface area contributed by atoms with Gasteiger partial charge in [0.05, 0.1) is 23.3 Å². The highest BCUT2D eigenvalue weighted by atomic mass is 35.5. The number of nitrogens with one attached hydrogen (secondary N) is 1. The Morgan fingerprint density at radius 1 is 1.13 bits per heavy atom. The molecule has 2 aromatic heterocycles. The summed E-state index contributed by atoms with van der Waals surface area (Å²) in [5, 5.41) is 7.92. The molecule has 1 saturated carbocycles. The summed E-state index contributed by atoms with van der Waals surface area (Å²) in [7, 11) is 1.46. The van der Waals surface area contributed by atoms with Crippen molar-refractivity contribution in [2.24, 2.45) is 0 Å². The number of amides is 1. The van der Waals surface area contributed by atoms with Gasteiger partial charge in [0.15, 0.2) is 12.1 Å². The van der Waals surface area contributed by atoms with Crippen LogP contribution in [0.5, 0.6) is 5.75 Å². The first-order valence-electron chi connectivity index (χ1n) is 12.1. The van der Waals surface area contributed by atoms with E-state index >= 15 is 0 Å². The van der Waals surface area contributed by atoms with Gasteiger partial charge in [-0.25, -0.2) is 4.39 Å². The first-order chi connectivity index (χ1) is 18.8. The van der Waals surface area contributed by atoms with Gasteiger partial charge in [-0.3, -0.25) is 9.59 Å². The number of benzene rings is 3. The Morgan fingerprint density at radius 2 is 1.87 bits per heavy atom. The lowest BCUT2D eigenvalue weighted by molar-refractivity contribution is 0.0924. The van der Waals surface area contributed by atoms with E-state index in [1.165, 1.54) is 19.2 Å². The molecule has 39 heavy (non-hydrogen) atoms. The predicted molar refractivity (Wildman–Crippen MR) is 141 cm³/mol. The van der Waals surface area contributed by atoms with Crippen molar-refractivity contribution < 1.29 is 27.7 Å². The SMILES string of the molecule is COc1cc(Cl)c(-c2ccc3oc(-c4ccc(F)cc4)c(C=O)c3c2)cc1C(=O)NC1(c2noc(C)n2)CC1. The van der Waals surface area contributed by atoms with Gasteiger partial charge in [0.2, 0.25) is 5.89 Å². The van der Waals surface area contributed by atoms with Gasteiger partial charge < -0.3 is 19.0 Å². The van der Waals surface area contributed by atoms with E-state index < -0.39 is 5.54 Å². The molecule has 1 aliphatic carbocycles. The number of carbonyl (C=O) groups excluding carboxylic acids is 2. The van der Waals surface area contributed by atoms with Gasteiger partial charge in [-0.2, -0.15) is 4.98 Å². The monoisotopic (exact) mass is 545 g/mol. The Balaban J connectivity index is 1.40. The van der Waals surface area contributed by atoms with E-state index in [0.717, 1.165) is 0 Å². The third-order valence-electron chi connectivity index (χ3n) is 6.85. The number of furan rings is 1. The minimum absolute atomic E-state index is 0.276. The van der Waals surface area contributed by atoms with E-state index in [1.54, 1.807) is 49.4 Å². The highest BCUT2D eigenvalue weighted by molar-refractivity contribution is 6.33. The summed E-state index contributed by atoms with van der Waals surface area (Å²) in [6, 6.07) is 14.2. The number of ether oxygens (including phenoxy) is 1. The lowest BCUT2D eigenvalue weighted by Gasteiger charge is -2.17. The van der Waals surface area contributed by atoms with Gasteiger partial charge in [0.1, 0.15) is 28.4 Å². The van der Waals surface area contributed by atoms with Crippen LogP contribution in [0.3, 0.4) is 0 Å². The number of aldehydes is 1. The van der Waals surface area contributed by atoms with Crippen LogP contribution in [0.4, 0.5) is 4.39 Å². The van der Waals surface area contributed by atoms with Crippen LogP contribution in [-0.4, -0.2) is 29.4 Å².